The standard InChI is InChI=1S/C6H9N3O/c1-5(9-10)6-2-3-7-4-8-6/h2-5,9-10H,1H3. The van der Waals surface area contributed by atoms with Crippen molar-refractivity contribution in [3.05, 3.63) is 24.3 Å². The van der Waals surface area contributed by atoms with Gasteiger partial charge in [0.15, 0.2) is 0 Å². The molecule has 0 aromatic carbocycles. The Kier molecular flexibility index (Phi) is 2.30. The minimum Gasteiger partial charge on any atom is -0.316 e. The summed E-state index contributed by atoms with van der Waals surface area (Å²) in [6.07, 6.45) is 3.08. The minimum atomic E-state index is -0.136. The number of hydrogen-bond acceptors (Lipinski definition) is 4. The third-order valence-corrected chi connectivity index (χ3v) is 1.24. The highest BCUT2D eigenvalue weighted by Gasteiger charge is 2.01. The number of nitrogens with one attached hydrogen (secondary N) is 1. The molecule has 0 aliphatic heterocycles. The molecule has 0 saturated heterocycles. The van der Waals surface area contributed by atoms with Crippen molar-refractivity contribution in [2.24, 2.45) is 0 Å². The lowest BCUT2D eigenvalue weighted by atomic mass is 10.2. The Bertz CT molecular complexity index is 189. The van der Waals surface area contributed by atoms with Crippen LogP contribution in [0.15, 0.2) is 18.6 Å². The molecule has 1 heterocycles. The van der Waals surface area contributed by atoms with Crippen LogP contribution < -0.4 is 5.48 Å². The first-order chi connectivity index (χ1) is 4.84. The zero-order chi connectivity index (χ0) is 7.40. The van der Waals surface area contributed by atoms with Gasteiger partial charge in [-0.1, -0.05) is 0 Å². The van der Waals surface area contributed by atoms with Crippen LogP contribution in [-0.4, -0.2) is 15.2 Å². The van der Waals surface area contributed by atoms with Gasteiger partial charge >= 0.3 is 0 Å². The average Bonchev–Trinajstić information content (AvgIpc) is 2.05. The van der Waals surface area contributed by atoms with Gasteiger partial charge in [0.1, 0.15) is 6.33 Å². The summed E-state index contributed by atoms with van der Waals surface area (Å²) in [6, 6.07) is 1.61. The molecule has 1 aromatic rings. The zero-order valence-corrected chi connectivity index (χ0v) is 5.65. The largest absolute Gasteiger partial charge is 0.316 e. The molecule has 1 atom stereocenters. The van der Waals surface area contributed by atoms with Crippen molar-refractivity contribution in [1.82, 2.24) is 15.4 Å². The molecule has 1 rings (SSSR count). The third kappa shape index (κ3) is 1.49. The number of nitrogens with zero attached hydrogens (tertiary/aromatic N) is 2. The second-order valence-electron chi connectivity index (χ2n) is 1.99. The van der Waals surface area contributed by atoms with E-state index in [1.165, 1.54) is 6.33 Å². The fourth-order valence-electron chi connectivity index (χ4n) is 0.623. The topological polar surface area (TPSA) is 58.0 Å². The molecule has 4 nitrogen and oxygen atoms in total. The maximum absolute atomic E-state index is 8.48. The second kappa shape index (κ2) is 3.24. The van der Waals surface area contributed by atoms with Crippen molar-refractivity contribution in [2.75, 3.05) is 0 Å². The monoisotopic (exact) mass is 139 g/mol. The molecule has 0 aliphatic carbocycles. The van der Waals surface area contributed by atoms with Crippen molar-refractivity contribution < 1.29 is 5.21 Å². The van der Waals surface area contributed by atoms with Crippen LogP contribution in [0.4, 0.5) is 0 Å². The van der Waals surface area contributed by atoms with Crippen molar-refractivity contribution in [1.29, 1.82) is 0 Å². The molecule has 0 fully saturated rings. The molecule has 0 radical (unpaired) electrons. The number of aromatic nitrogens is 2. The lowest BCUT2D eigenvalue weighted by molar-refractivity contribution is 0.131. The molecule has 4 heteroatoms. The van der Waals surface area contributed by atoms with E-state index in [4.69, 9.17) is 5.21 Å². The van der Waals surface area contributed by atoms with E-state index < -0.39 is 0 Å². The summed E-state index contributed by atoms with van der Waals surface area (Å²) >= 11 is 0. The van der Waals surface area contributed by atoms with Crippen LogP contribution in [-0.2, 0) is 0 Å². The third-order valence-electron chi connectivity index (χ3n) is 1.24. The second-order valence-corrected chi connectivity index (χ2v) is 1.99. The van der Waals surface area contributed by atoms with Crippen molar-refractivity contribution in [2.45, 2.75) is 13.0 Å². The molecule has 0 amide bonds. The van der Waals surface area contributed by atoms with Crippen LogP contribution in [0, 0.1) is 0 Å². The Hall–Kier alpha value is -1.00. The molecule has 0 spiro atoms. The van der Waals surface area contributed by atoms with E-state index in [0.29, 0.717) is 0 Å². The predicted octanol–water partition coefficient (Wildman–Crippen LogP) is 0.516. The summed E-state index contributed by atoms with van der Waals surface area (Å²) in [5, 5.41) is 8.48. The summed E-state index contributed by atoms with van der Waals surface area (Å²) in [4.78, 5) is 7.66. The van der Waals surface area contributed by atoms with Gasteiger partial charge in [-0.3, -0.25) is 0 Å². The Morgan fingerprint density at radius 2 is 2.50 bits per heavy atom. The molecule has 0 saturated carbocycles. The normalized spacial score (nSPS) is 13.0. The van der Waals surface area contributed by atoms with Crippen LogP contribution in [0.25, 0.3) is 0 Å². The van der Waals surface area contributed by atoms with Gasteiger partial charge < -0.3 is 5.21 Å². The van der Waals surface area contributed by atoms with Gasteiger partial charge in [-0.15, -0.1) is 0 Å². The molecular formula is C6H9N3O. The lowest BCUT2D eigenvalue weighted by Gasteiger charge is -2.05. The molecule has 0 bridgehead atoms. The summed E-state index contributed by atoms with van der Waals surface area (Å²) in [7, 11) is 0. The van der Waals surface area contributed by atoms with Gasteiger partial charge in [0.25, 0.3) is 0 Å². The number of hydrogen-bond donors (Lipinski definition) is 2. The molecule has 1 unspecified atom stereocenters. The Morgan fingerprint density at radius 3 is 3.00 bits per heavy atom. The minimum absolute atomic E-state index is 0.136. The van der Waals surface area contributed by atoms with Crippen LogP contribution in [0.2, 0.25) is 0 Å². The average molecular weight is 139 g/mol. The molecule has 0 aliphatic rings. The first-order valence-corrected chi connectivity index (χ1v) is 3.00. The van der Waals surface area contributed by atoms with Crippen LogP contribution in [0.5, 0.6) is 0 Å². The summed E-state index contributed by atoms with van der Waals surface area (Å²) in [6.45, 7) is 1.81. The van der Waals surface area contributed by atoms with E-state index >= 15 is 0 Å². The first kappa shape index (κ1) is 7.11. The van der Waals surface area contributed by atoms with Crippen molar-refractivity contribution in [3.8, 4) is 0 Å². The van der Waals surface area contributed by atoms with Crippen LogP contribution >= 0.6 is 0 Å². The molecule has 54 valence electrons. The Labute approximate surface area is 58.9 Å². The highest BCUT2D eigenvalue weighted by atomic mass is 16.5. The quantitative estimate of drug-likeness (QED) is 0.586. The van der Waals surface area contributed by atoms with Crippen molar-refractivity contribution in [3.63, 3.8) is 0 Å². The van der Waals surface area contributed by atoms with Crippen molar-refractivity contribution >= 4 is 0 Å². The number of hydroxylamine groups is 1. The fraction of sp³-hybridized carbons (Fsp3) is 0.333. The lowest BCUT2D eigenvalue weighted by Crippen LogP contribution is -2.14. The summed E-state index contributed by atoms with van der Waals surface area (Å²) in [5.74, 6) is 0. The zero-order valence-electron chi connectivity index (χ0n) is 5.65. The van der Waals surface area contributed by atoms with Gasteiger partial charge in [0.05, 0.1) is 11.7 Å². The smallest absolute Gasteiger partial charge is 0.115 e. The van der Waals surface area contributed by atoms with E-state index in [2.05, 4.69) is 15.4 Å². The summed E-state index contributed by atoms with van der Waals surface area (Å²) in [5.41, 5.74) is 2.87. The SMILES string of the molecule is CC(NO)c1ccncn1. The van der Waals surface area contributed by atoms with E-state index in [1.807, 2.05) is 6.92 Å². The molecule has 1 aromatic heterocycles. The Morgan fingerprint density at radius 1 is 1.70 bits per heavy atom. The van der Waals surface area contributed by atoms with Gasteiger partial charge in [-0.2, -0.15) is 5.48 Å². The van der Waals surface area contributed by atoms with E-state index in [0.717, 1.165) is 5.69 Å². The molecule has 10 heavy (non-hydrogen) atoms. The Balaban J connectivity index is 2.75. The first-order valence-electron chi connectivity index (χ1n) is 3.00. The van der Waals surface area contributed by atoms with E-state index in [1.54, 1.807) is 12.3 Å². The maximum atomic E-state index is 8.48. The number of rotatable bonds is 2. The van der Waals surface area contributed by atoms with Gasteiger partial charge in [-0.05, 0) is 13.0 Å². The molecule has 2 N–H and O–H groups in total. The highest BCUT2D eigenvalue weighted by Crippen LogP contribution is 2.04. The van der Waals surface area contributed by atoms with Gasteiger partial charge in [0.2, 0.25) is 0 Å². The highest BCUT2D eigenvalue weighted by molar-refractivity contribution is 5.01. The fourth-order valence-corrected chi connectivity index (χ4v) is 0.623. The van der Waals surface area contributed by atoms with E-state index in [-0.39, 0.29) is 6.04 Å². The summed E-state index contributed by atoms with van der Waals surface area (Å²) < 4.78 is 0. The molecular weight excluding hydrogens is 130 g/mol. The maximum Gasteiger partial charge on any atom is 0.115 e. The predicted molar refractivity (Wildman–Crippen MR) is 35.4 cm³/mol. The van der Waals surface area contributed by atoms with E-state index in [9.17, 15) is 0 Å². The van der Waals surface area contributed by atoms with Gasteiger partial charge in [0, 0.05) is 6.20 Å². The van der Waals surface area contributed by atoms with Crippen LogP contribution in [0.1, 0.15) is 18.7 Å². The van der Waals surface area contributed by atoms with Crippen LogP contribution in [0.3, 0.4) is 0 Å². The van der Waals surface area contributed by atoms with Gasteiger partial charge in [-0.25, -0.2) is 9.97 Å².